The fourth-order valence-electron chi connectivity index (χ4n) is 3.49. The minimum Gasteiger partial charge on any atom is -0.336 e. The lowest BCUT2D eigenvalue weighted by atomic mass is 9.76. The standard InChI is InChI=1S/C18H23N3O/c1-14-16(20(3)13-19-14)17(22)21-11-7-10-18(2,12-21)15-8-5-4-6-9-15/h4-6,8-9,13H,7,10-12H2,1-3H3/t18-/m1/s1. The summed E-state index contributed by atoms with van der Waals surface area (Å²) in [5.74, 6) is 0.0966. The molecule has 1 aliphatic rings. The number of hydrogen-bond acceptors (Lipinski definition) is 2. The van der Waals surface area contributed by atoms with Gasteiger partial charge in [-0.15, -0.1) is 0 Å². The smallest absolute Gasteiger partial charge is 0.272 e. The summed E-state index contributed by atoms with van der Waals surface area (Å²) in [4.78, 5) is 19.1. The van der Waals surface area contributed by atoms with Crippen molar-refractivity contribution in [2.75, 3.05) is 13.1 Å². The molecule has 22 heavy (non-hydrogen) atoms. The van der Waals surface area contributed by atoms with Crippen LogP contribution in [0.3, 0.4) is 0 Å². The van der Waals surface area contributed by atoms with Crippen molar-refractivity contribution in [3.05, 3.63) is 53.6 Å². The van der Waals surface area contributed by atoms with Gasteiger partial charge in [-0.25, -0.2) is 4.98 Å². The number of likely N-dealkylation sites (tertiary alicyclic amines) is 1. The fraction of sp³-hybridized carbons (Fsp3) is 0.444. The number of imidazole rings is 1. The molecule has 2 aromatic rings. The van der Waals surface area contributed by atoms with E-state index in [4.69, 9.17) is 0 Å². The molecule has 3 rings (SSSR count). The molecule has 4 heteroatoms. The van der Waals surface area contributed by atoms with Crippen molar-refractivity contribution in [3.8, 4) is 0 Å². The van der Waals surface area contributed by atoms with E-state index in [1.54, 1.807) is 6.33 Å². The van der Waals surface area contributed by atoms with Gasteiger partial charge in [-0.2, -0.15) is 0 Å². The molecule has 2 heterocycles. The van der Waals surface area contributed by atoms with Gasteiger partial charge in [0, 0.05) is 25.6 Å². The van der Waals surface area contributed by atoms with E-state index >= 15 is 0 Å². The molecule has 1 aliphatic heterocycles. The topological polar surface area (TPSA) is 38.1 Å². The molecule has 1 fully saturated rings. The van der Waals surface area contributed by atoms with Crippen LogP contribution in [0.15, 0.2) is 36.7 Å². The van der Waals surface area contributed by atoms with E-state index in [2.05, 4.69) is 36.2 Å². The van der Waals surface area contributed by atoms with Crippen molar-refractivity contribution in [1.29, 1.82) is 0 Å². The zero-order chi connectivity index (χ0) is 15.7. The molecular formula is C18H23N3O. The monoisotopic (exact) mass is 297 g/mol. The van der Waals surface area contributed by atoms with Crippen LogP contribution in [0.4, 0.5) is 0 Å². The van der Waals surface area contributed by atoms with Crippen molar-refractivity contribution in [3.63, 3.8) is 0 Å². The van der Waals surface area contributed by atoms with Crippen LogP contribution in [0.25, 0.3) is 0 Å². The Kier molecular flexibility index (Phi) is 3.77. The summed E-state index contributed by atoms with van der Waals surface area (Å²) in [5, 5.41) is 0. The zero-order valence-electron chi connectivity index (χ0n) is 13.5. The van der Waals surface area contributed by atoms with Gasteiger partial charge >= 0.3 is 0 Å². The molecule has 0 aliphatic carbocycles. The molecule has 1 aromatic heterocycles. The lowest BCUT2D eigenvalue weighted by molar-refractivity contribution is 0.0640. The van der Waals surface area contributed by atoms with Gasteiger partial charge in [0.05, 0.1) is 12.0 Å². The predicted molar refractivity (Wildman–Crippen MR) is 86.9 cm³/mol. The predicted octanol–water partition coefficient (Wildman–Crippen LogP) is 2.92. The van der Waals surface area contributed by atoms with Crippen LogP contribution < -0.4 is 0 Å². The van der Waals surface area contributed by atoms with E-state index in [9.17, 15) is 4.79 Å². The quantitative estimate of drug-likeness (QED) is 0.855. The molecule has 0 radical (unpaired) electrons. The number of benzene rings is 1. The summed E-state index contributed by atoms with van der Waals surface area (Å²) < 4.78 is 1.83. The third kappa shape index (κ3) is 2.54. The Morgan fingerprint density at radius 3 is 2.64 bits per heavy atom. The third-order valence-corrected chi connectivity index (χ3v) is 4.78. The van der Waals surface area contributed by atoms with Crippen LogP contribution in [0, 0.1) is 6.92 Å². The molecule has 1 aromatic carbocycles. The Morgan fingerprint density at radius 1 is 1.27 bits per heavy atom. The van der Waals surface area contributed by atoms with E-state index in [1.165, 1.54) is 5.56 Å². The lowest BCUT2D eigenvalue weighted by Crippen LogP contribution is -2.47. The number of piperidine rings is 1. The SMILES string of the molecule is Cc1ncn(C)c1C(=O)N1CCC[C@@](C)(c2ccccc2)C1. The third-order valence-electron chi connectivity index (χ3n) is 4.78. The number of amides is 1. The van der Waals surface area contributed by atoms with Crippen LogP contribution in [0.2, 0.25) is 0 Å². The first-order valence-electron chi connectivity index (χ1n) is 7.84. The van der Waals surface area contributed by atoms with Gasteiger partial charge in [0.25, 0.3) is 5.91 Å². The number of hydrogen-bond donors (Lipinski definition) is 0. The summed E-state index contributed by atoms with van der Waals surface area (Å²) in [6.07, 6.45) is 3.86. The Bertz CT molecular complexity index is 657. The fourth-order valence-corrected chi connectivity index (χ4v) is 3.49. The molecule has 116 valence electrons. The van der Waals surface area contributed by atoms with Gasteiger partial charge in [-0.1, -0.05) is 37.3 Å². The number of nitrogens with zero attached hydrogens (tertiary/aromatic N) is 3. The first-order chi connectivity index (χ1) is 10.5. The van der Waals surface area contributed by atoms with Crippen molar-refractivity contribution >= 4 is 5.91 Å². The van der Waals surface area contributed by atoms with Crippen molar-refractivity contribution < 1.29 is 4.79 Å². The zero-order valence-corrected chi connectivity index (χ0v) is 13.5. The summed E-state index contributed by atoms with van der Waals surface area (Å²) >= 11 is 0. The average Bonchev–Trinajstić information content (AvgIpc) is 2.86. The highest BCUT2D eigenvalue weighted by Crippen LogP contribution is 2.34. The Labute approximate surface area is 131 Å². The first kappa shape index (κ1) is 14.8. The van der Waals surface area contributed by atoms with E-state index in [0.29, 0.717) is 5.69 Å². The first-order valence-corrected chi connectivity index (χ1v) is 7.84. The number of rotatable bonds is 2. The van der Waals surface area contributed by atoms with Crippen molar-refractivity contribution in [2.24, 2.45) is 7.05 Å². The molecule has 0 saturated carbocycles. The summed E-state index contributed by atoms with van der Waals surface area (Å²) in [6, 6.07) is 10.5. The van der Waals surface area contributed by atoms with Crippen LogP contribution in [0.5, 0.6) is 0 Å². The molecule has 4 nitrogen and oxygen atoms in total. The van der Waals surface area contributed by atoms with Gasteiger partial charge in [-0.05, 0) is 25.3 Å². The number of aromatic nitrogens is 2. The molecule has 0 unspecified atom stereocenters. The Hall–Kier alpha value is -2.10. The number of carbonyl (C=O) groups is 1. The van der Waals surface area contributed by atoms with E-state index in [0.717, 1.165) is 31.6 Å². The second-order valence-corrected chi connectivity index (χ2v) is 6.55. The second kappa shape index (κ2) is 5.59. The molecular weight excluding hydrogens is 274 g/mol. The maximum Gasteiger partial charge on any atom is 0.272 e. The lowest BCUT2D eigenvalue weighted by Gasteiger charge is -2.41. The van der Waals surface area contributed by atoms with Crippen LogP contribution >= 0.6 is 0 Å². The molecule has 1 atom stereocenters. The molecule has 0 spiro atoms. The molecule has 0 bridgehead atoms. The van der Waals surface area contributed by atoms with Gasteiger partial charge in [0.1, 0.15) is 5.69 Å². The van der Waals surface area contributed by atoms with E-state index < -0.39 is 0 Å². The van der Waals surface area contributed by atoms with Crippen molar-refractivity contribution in [1.82, 2.24) is 14.5 Å². The van der Waals surface area contributed by atoms with Crippen LogP contribution in [0.1, 0.15) is 41.5 Å². The Morgan fingerprint density at radius 2 is 2.00 bits per heavy atom. The van der Waals surface area contributed by atoms with Gasteiger partial charge in [-0.3, -0.25) is 4.79 Å². The molecule has 1 amide bonds. The summed E-state index contributed by atoms with van der Waals surface area (Å²) in [7, 11) is 1.88. The number of aryl methyl sites for hydroxylation is 2. The van der Waals surface area contributed by atoms with Gasteiger partial charge in [0.2, 0.25) is 0 Å². The van der Waals surface area contributed by atoms with Crippen molar-refractivity contribution in [2.45, 2.75) is 32.1 Å². The number of carbonyl (C=O) groups excluding carboxylic acids is 1. The highest BCUT2D eigenvalue weighted by molar-refractivity contribution is 5.93. The minimum atomic E-state index is 0.0294. The largest absolute Gasteiger partial charge is 0.336 e. The molecule has 0 N–H and O–H groups in total. The Balaban J connectivity index is 1.86. The molecule has 1 saturated heterocycles. The average molecular weight is 297 g/mol. The minimum absolute atomic E-state index is 0.0294. The maximum atomic E-state index is 12.9. The second-order valence-electron chi connectivity index (χ2n) is 6.55. The normalized spacial score (nSPS) is 21.9. The van der Waals surface area contributed by atoms with E-state index in [1.807, 2.05) is 29.5 Å². The van der Waals surface area contributed by atoms with Crippen LogP contribution in [-0.4, -0.2) is 33.4 Å². The highest BCUT2D eigenvalue weighted by atomic mass is 16.2. The summed E-state index contributed by atoms with van der Waals surface area (Å²) in [6.45, 7) is 5.75. The maximum absolute atomic E-state index is 12.9. The van der Waals surface area contributed by atoms with Crippen LogP contribution in [-0.2, 0) is 12.5 Å². The van der Waals surface area contributed by atoms with Gasteiger partial charge < -0.3 is 9.47 Å². The highest BCUT2D eigenvalue weighted by Gasteiger charge is 2.35. The van der Waals surface area contributed by atoms with E-state index in [-0.39, 0.29) is 11.3 Å². The van der Waals surface area contributed by atoms with Gasteiger partial charge in [0.15, 0.2) is 0 Å². The summed E-state index contributed by atoms with van der Waals surface area (Å²) in [5.41, 5.74) is 2.85.